The van der Waals surface area contributed by atoms with Gasteiger partial charge in [-0.3, -0.25) is 4.79 Å². The fourth-order valence-corrected chi connectivity index (χ4v) is 2.67. The van der Waals surface area contributed by atoms with E-state index in [4.69, 9.17) is 0 Å². The molecule has 27 heavy (non-hydrogen) atoms. The van der Waals surface area contributed by atoms with E-state index in [2.05, 4.69) is 52.1 Å². The maximum atomic E-state index is 12.1. The van der Waals surface area contributed by atoms with Gasteiger partial charge in [-0.2, -0.15) is 0 Å². The number of amides is 1. The lowest BCUT2D eigenvalue weighted by Crippen LogP contribution is -2.36. The van der Waals surface area contributed by atoms with Crippen LogP contribution >= 0.6 is 0 Å². The molecule has 144 valence electrons. The van der Waals surface area contributed by atoms with Crippen molar-refractivity contribution < 1.29 is 4.79 Å². The van der Waals surface area contributed by atoms with Crippen LogP contribution in [0.2, 0.25) is 0 Å². The van der Waals surface area contributed by atoms with Crippen LogP contribution in [0.25, 0.3) is 0 Å². The van der Waals surface area contributed by atoms with Crippen molar-refractivity contribution in [2.45, 2.75) is 40.3 Å². The Balaban J connectivity index is 1.98. The summed E-state index contributed by atoms with van der Waals surface area (Å²) in [4.78, 5) is 16.8. The Labute approximate surface area is 162 Å². The van der Waals surface area contributed by atoms with Crippen LogP contribution in [0, 0.1) is 6.92 Å². The SMILES string of the molecule is CCCNC(=O)c1cccc(CNC(=NCc2cccc(C)c2)NCC)c1. The van der Waals surface area contributed by atoms with Crippen molar-refractivity contribution in [2.75, 3.05) is 13.1 Å². The molecule has 1 amide bonds. The molecule has 0 saturated heterocycles. The van der Waals surface area contributed by atoms with E-state index in [9.17, 15) is 4.79 Å². The number of nitrogens with one attached hydrogen (secondary N) is 3. The monoisotopic (exact) mass is 366 g/mol. The third kappa shape index (κ3) is 7.13. The molecule has 5 nitrogen and oxygen atoms in total. The third-order valence-corrected chi connectivity index (χ3v) is 4.03. The van der Waals surface area contributed by atoms with Gasteiger partial charge in [0.25, 0.3) is 5.91 Å². The first-order chi connectivity index (χ1) is 13.1. The van der Waals surface area contributed by atoms with Crippen LogP contribution in [0.15, 0.2) is 53.5 Å². The summed E-state index contributed by atoms with van der Waals surface area (Å²) in [6.07, 6.45) is 0.927. The molecule has 0 aromatic heterocycles. The number of hydrogen-bond donors (Lipinski definition) is 3. The van der Waals surface area contributed by atoms with Crippen LogP contribution in [0.5, 0.6) is 0 Å². The minimum absolute atomic E-state index is 0.0290. The van der Waals surface area contributed by atoms with Crippen LogP contribution in [0.3, 0.4) is 0 Å². The minimum Gasteiger partial charge on any atom is -0.357 e. The molecule has 2 rings (SSSR count). The second-order valence-electron chi connectivity index (χ2n) is 6.49. The smallest absolute Gasteiger partial charge is 0.251 e. The first-order valence-electron chi connectivity index (χ1n) is 9.57. The van der Waals surface area contributed by atoms with E-state index in [0.717, 1.165) is 24.5 Å². The number of hydrogen-bond acceptors (Lipinski definition) is 2. The van der Waals surface area contributed by atoms with Gasteiger partial charge in [0.05, 0.1) is 6.54 Å². The summed E-state index contributed by atoms with van der Waals surface area (Å²) in [7, 11) is 0. The molecule has 0 atom stereocenters. The van der Waals surface area contributed by atoms with E-state index in [1.165, 1.54) is 11.1 Å². The molecule has 0 saturated carbocycles. The van der Waals surface area contributed by atoms with Gasteiger partial charge >= 0.3 is 0 Å². The molecule has 0 fully saturated rings. The molecule has 3 N–H and O–H groups in total. The Morgan fingerprint density at radius 1 is 0.963 bits per heavy atom. The van der Waals surface area contributed by atoms with Crippen LogP contribution in [0.4, 0.5) is 0 Å². The predicted octanol–water partition coefficient (Wildman–Crippen LogP) is 3.39. The Morgan fingerprint density at radius 3 is 2.48 bits per heavy atom. The Morgan fingerprint density at radius 2 is 1.74 bits per heavy atom. The molecule has 0 aliphatic rings. The lowest BCUT2D eigenvalue weighted by molar-refractivity contribution is 0.0953. The number of aliphatic imine (C=N–C) groups is 1. The fraction of sp³-hybridized carbons (Fsp3) is 0.364. The lowest BCUT2D eigenvalue weighted by Gasteiger charge is -2.12. The van der Waals surface area contributed by atoms with E-state index in [1.54, 1.807) is 0 Å². The van der Waals surface area contributed by atoms with E-state index in [-0.39, 0.29) is 5.91 Å². The third-order valence-electron chi connectivity index (χ3n) is 4.03. The fourth-order valence-electron chi connectivity index (χ4n) is 2.67. The van der Waals surface area contributed by atoms with Gasteiger partial charge < -0.3 is 16.0 Å². The zero-order valence-corrected chi connectivity index (χ0v) is 16.5. The molecule has 0 aliphatic heterocycles. The second-order valence-corrected chi connectivity index (χ2v) is 6.49. The van der Waals surface area contributed by atoms with Gasteiger partial charge in [0.1, 0.15) is 0 Å². The van der Waals surface area contributed by atoms with Crippen molar-refractivity contribution in [1.82, 2.24) is 16.0 Å². The summed E-state index contributed by atoms with van der Waals surface area (Å²) in [5.41, 5.74) is 4.14. The maximum Gasteiger partial charge on any atom is 0.251 e. The molecule has 2 aromatic rings. The summed E-state index contributed by atoms with van der Waals surface area (Å²) in [5, 5.41) is 9.51. The molecular weight excluding hydrogens is 336 g/mol. The summed E-state index contributed by atoms with van der Waals surface area (Å²) < 4.78 is 0. The van der Waals surface area contributed by atoms with Crippen LogP contribution in [-0.2, 0) is 13.1 Å². The van der Waals surface area contributed by atoms with Gasteiger partial charge in [-0.05, 0) is 43.5 Å². The summed E-state index contributed by atoms with van der Waals surface area (Å²) >= 11 is 0. The highest BCUT2D eigenvalue weighted by Gasteiger charge is 2.06. The largest absolute Gasteiger partial charge is 0.357 e. The van der Waals surface area contributed by atoms with Crippen molar-refractivity contribution in [3.05, 3.63) is 70.8 Å². The standard InChI is InChI=1S/C22H30N4O/c1-4-12-24-21(27)20-11-7-10-19(14-20)16-26-22(23-5-2)25-15-18-9-6-8-17(3)13-18/h6-11,13-14H,4-5,12,15-16H2,1-3H3,(H,24,27)(H2,23,25,26). The Kier molecular flexibility index (Phi) is 8.36. The predicted molar refractivity (Wildman–Crippen MR) is 112 cm³/mol. The van der Waals surface area contributed by atoms with Crippen molar-refractivity contribution in [3.63, 3.8) is 0 Å². The van der Waals surface area contributed by atoms with Gasteiger partial charge in [0, 0.05) is 25.2 Å². The zero-order valence-electron chi connectivity index (χ0n) is 16.5. The molecule has 0 bridgehead atoms. The highest BCUT2D eigenvalue weighted by Crippen LogP contribution is 2.07. The van der Waals surface area contributed by atoms with Gasteiger partial charge in [0.15, 0.2) is 5.96 Å². The minimum atomic E-state index is -0.0290. The van der Waals surface area contributed by atoms with E-state index in [0.29, 0.717) is 25.2 Å². The number of guanidine groups is 1. The Hall–Kier alpha value is -2.82. The number of nitrogens with zero attached hydrogens (tertiary/aromatic N) is 1. The molecule has 0 unspecified atom stereocenters. The van der Waals surface area contributed by atoms with Gasteiger partial charge in [0.2, 0.25) is 0 Å². The number of benzene rings is 2. The first-order valence-corrected chi connectivity index (χ1v) is 9.57. The molecule has 0 radical (unpaired) electrons. The lowest BCUT2D eigenvalue weighted by atomic mass is 10.1. The van der Waals surface area contributed by atoms with Crippen LogP contribution < -0.4 is 16.0 Å². The van der Waals surface area contributed by atoms with Gasteiger partial charge in [-0.1, -0.05) is 48.9 Å². The first kappa shape index (κ1) is 20.5. The average Bonchev–Trinajstić information content (AvgIpc) is 2.68. The number of rotatable bonds is 8. The van der Waals surface area contributed by atoms with Crippen molar-refractivity contribution in [3.8, 4) is 0 Å². The maximum absolute atomic E-state index is 12.1. The Bertz CT molecular complexity index is 770. The average molecular weight is 367 g/mol. The topological polar surface area (TPSA) is 65.5 Å². The van der Waals surface area contributed by atoms with E-state index >= 15 is 0 Å². The summed E-state index contributed by atoms with van der Waals surface area (Å²) in [5.74, 6) is 0.735. The molecule has 2 aromatic carbocycles. The molecule has 0 spiro atoms. The number of carbonyl (C=O) groups excluding carboxylic acids is 1. The molecule has 0 aliphatic carbocycles. The quantitative estimate of drug-likeness (QED) is 0.496. The highest BCUT2D eigenvalue weighted by atomic mass is 16.1. The van der Waals surface area contributed by atoms with Crippen molar-refractivity contribution >= 4 is 11.9 Å². The zero-order chi connectivity index (χ0) is 19.5. The number of carbonyl (C=O) groups is 1. The van der Waals surface area contributed by atoms with Gasteiger partial charge in [-0.15, -0.1) is 0 Å². The molecule has 5 heteroatoms. The summed E-state index contributed by atoms with van der Waals surface area (Å²) in [6.45, 7) is 8.88. The van der Waals surface area contributed by atoms with Crippen molar-refractivity contribution in [1.29, 1.82) is 0 Å². The van der Waals surface area contributed by atoms with Crippen LogP contribution in [0.1, 0.15) is 47.3 Å². The molecule has 0 heterocycles. The highest BCUT2D eigenvalue weighted by molar-refractivity contribution is 5.94. The van der Waals surface area contributed by atoms with E-state index in [1.807, 2.05) is 38.1 Å². The summed E-state index contributed by atoms with van der Waals surface area (Å²) in [6, 6.07) is 16.0. The van der Waals surface area contributed by atoms with Crippen molar-refractivity contribution in [2.24, 2.45) is 4.99 Å². The van der Waals surface area contributed by atoms with E-state index < -0.39 is 0 Å². The second kappa shape index (κ2) is 11.0. The molecular formula is C22H30N4O. The normalized spacial score (nSPS) is 11.1. The van der Waals surface area contributed by atoms with Gasteiger partial charge in [-0.25, -0.2) is 4.99 Å². The van der Waals surface area contributed by atoms with Crippen LogP contribution in [-0.4, -0.2) is 25.0 Å². The number of aryl methyl sites for hydroxylation is 1.